The first-order valence-electron chi connectivity index (χ1n) is 14.8. The molecular formula is C29H63N3O14. The van der Waals surface area contributed by atoms with E-state index >= 15 is 0 Å². The molecule has 0 bridgehead atoms. The number of carbonyl (C=O) groups is 4. The van der Waals surface area contributed by atoms with Crippen LogP contribution in [0.3, 0.4) is 0 Å². The van der Waals surface area contributed by atoms with E-state index in [4.69, 9.17) is 33.5 Å². The lowest BCUT2D eigenvalue weighted by Crippen LogP contribution is -2.86. The molecule has 0 amide bonds. The molecule has 0 saturated heterocycles. The second kappa shape index (κ2) is 57.9. The summed E-state index contributed by atoms with van der Waals surface area (Å²) in [4.78, 5) is 37.6. The van der Waals surface area contributed by atoms with Gasteiger partial charge in [0.1, 0.15) is 0 Å². The summed E-state index contributed by atoms with van der Waals surface area (Å²) >= 11 is 0. The smallest absolute Gasteiger partial charge is 0.309 e. The fourth-order valence-electron chi connectivity index (χ4n) is 2.10. The lowest BCUT2D eigenvalue weighted by molar-refractivity contribution is -0.657. The lowest BCUT2D eigenvalue weighted by atomic mass is 10.4. The second-order valence-electron chi connectivity index (χ2n) is 8.44. The normalized spacial score (nSPS) is 9.39. The Bertz CT molecular complexity index is 579. The summed E-state index contributed by atoms with van der Waals surface area (Å²) in [5.41, 5.74) is 0. The van der Waals surface area contributed by atoms with Gasteiger partial charge in [0, 0.05) is 48.6 Å². The number of quaternary nitrogens is 3. The molecule has 0 atom stereocenters. The number of carboxylic acid groups (broad SMARTS) is 4. The van der Waals surface area contributed by atoms with Gasteiger partial charge in [0.2, 0.25) is 0 Å². The van der Waals surface area contributed by atoms with Gasteiger partial charge in [0.15, 0.2) is 0 Å². The summed E-state index contributed by atoms with van der Waals surface area (Å²) in [7, 11) is 10.3. The van der Waals surface area contributed by atoms with Crippen molar-refractivity contribution in [3.05, 3.63) is 12.2 Å². The Labute approximate surface area is 274 Å². The highest BCUT2D eigenvalue weighted by molar-refractivity contribution is 5.87. The Balaban J connectivity index is -0.000000105. The van der Waals surface area contributed by atoms with Gasteiger partial charge in [-0.2, -0.15) is 0 Å². The molecule has 0 aromatic heterocycles. The van der Waals surface area contributed by atoms with Gasteiger partial charge in [-0.05, 0) is 19.4 Å². The van der Waals surface area contributed by atoms with E-state index in [9.17, 15) is 34.5 Å². The lowest BCUT2D eigenvalue weighted by Gasteiger charge is -1.98. The van der Waals surface area contributed by atoms with Crippen molar-refractivity contribution >= 4 is 23.9 Å². The molecule has 0 radical (unpaired) electrons. The third-order valence-corrected chi connectivity index (χ3v) is 4.21. The molecule has 0 unspecified atom stereocenters. The number of carbonyl (C=O) groups excluding carboxylic acids is 3. The van der Waals surface area contributed by atoms with Gasteiger partial charge in [-0.15, -0.1) is 0 Å². The Morgan fingerprint density at radius 2 is 0.870 bits per heavy atom. The van der Waals surface area contributed by atoms with Crippen molar-refractivity contribution in [1.29, 1.82) is 0 Å². The molecule has 0 fully saturated rings. The van der Waals surface area contributed by atoms with Crippen LogP contribution in [0.1, 0.15) is 33.1 Å². The zero-order valence-corrected chi connectivity index (χ0v) is 29.2. The predicted octanol–water partition coefficient (Wildman–Crippen LogP) is -6.41. The molecule has 0 spiro atoms. The van der Waals surface area contributed by atoms with Crippen molar-refractivity contribution in [1.82, 2.24) is 0 Å². The van der Waals surface area contributed by atoms with E-state index in [-0.39, 0.29) is 6.42 Å². The molecule has 0 aromatic rings. The third-order valence-electron chi connectivity index (χ3n) is 4.21. The van der Waals surface area contributed by atoms with Gasteiger partial charge >= 0.3 is 5.97 Å². The van der Waals surface area contributed by atoms with Crippen LogP contribution in [0.15, 0.2) is 12.2 Å². The fraction of sp³-hybridized carbons (Fsp3) is 0.793. The zero-order valence-electron chi connectivity index (χ0n) is 29.2. The average molecular weight is 678 g/mol. The van der Waals surface area contributed by atoms with Gasteiger partial charge in [-0.3, -0.25) is 4.79 Å². The number of carboxylic acids is 4. The molecule has 7 N–H and O–H groups in total. The van der Waals surface area contributed by atoms with E-state index in [0.29, 0.717) is 6.42 Å². The van der Waals surface area contributed by atoms with E-state index < -0.39 is 30.3 Å². The highest BCUT2D eigenvalue weighted by atomic mass is 16.5. The highest BCUT2D eigenvalue weighted by Crippen LogP contribution is 1.79. The summed E-state index contributed by atoms with van der Waals surface area (Å²) in [5.74, 6) is -5.04. The fourth-order valence-corrected chi connectivity index (χ4v) is 2.10. The maximum absolute atomic E-state index is 9.49. The number of allylic oxidation sites excluding steroid dienone is 1. The molecule has 0 heterocycles. The predicted molar refractivity (Wildman–Crippen MR) is 163 cm³/mol. The Kier molecular flexibility index (Phi) is 70.0. The largest absolute Gasteiger partial charge is 0.550 e. The van der Waals surface area contributed by atoms with Crippen LogP contribution in [0.5, 0.6) is 0 Å². The number of rotatable bonds is 23. The van der Waals surface area contributed by atoms with Crippen molar-refractivity contribution in [2.75, 3.05) is 122 Å². The number of hydrogen-bond donors (Lipinski definition) is 4. The molecule has 17 nitrogen and oxygen atoms in total. The Morgan fingerprint density at radius 1 is 0.587 bits per heavy atom. The van der Waals surface area contributed by atoms with Crippen LogP contribution in [-0.4, -0.2) is 151 Å². The zero-order chi connectivity index (χ0) is 36.7. The molecule has 0 aliphatic rings. The average Bonchev–Trinajstić information content (AvgIpc) is 2.98. The highest BCUT2D eigenvalue weighted by Gasteiger charge is 1.92. The first-order valence-corrected chi connectivity index (χ1v) is 14.8. The van der Waals surface area contributed by atoms with Crippen LogP contribution in [-0.2, 0) is 47.6 Å². The van der Waals surface area contributed by atoms with Crippen molar-refractivity contribution in [2.45, 2.75) is 33.1 Å². The summed E-state index contributed by atoms with van der Waals surface area (Å²) in [6.07, 6.45) is 2.32. The topological polar surface area (TPSA) is 263 Å². The summed E-state index contributed by atoms with van der Waals surface area (Å²) in [6.45, 7) is 14.5. The van der Waals surface area contributed by atoms with Gasteiger partial charge in [0.25, 0.3) is 0 Å². The molecule has 0 rings (SSSR count). The second-order valence-corrected chi connectivity index (χ2v) is 8.44. The molecular weight excluding hydrogens is 614 g/mol. The monoisotopic (exact) mass is 677 g/mol. The van der Waals surface area contributed by atoms with Crippen LogP contribution in [0.4, 0.5) is 0 Å². The van der Waals surface area contributed by atoms with Crippen molar-refractivity contribution in [2.24, 2.45) is 0 Å². The van der Waals surface area contributed by atoms with Crippen molar-refractivity contribution in [3.63, 3.8) is 0 Å². The SMILES string of the molecule is CC=CC(=O)[O-].CCCC(=O)[O-].COCC[NH2+]CCOC.COCC[NH2+]CCOC.COCC[NH2+]CCOC.O=C([O-])CC(=O)O. The van der Waals surface area contributed by atoms with Crippen molar-refractivity contribution in [3.8, 4) is 0 Å². The van der Waals surface area contributed by atoms with Crippen LogP contribution >= 0.6 is 0 Å². The van der Waals surface area contributed by atoms with Crippen LogP contribution in [0.25, 0.3) is 0 Å². The summed E-state index contributed by atoms with van der Waals surface area (Å²) in [5, 5.41) is 42.4. The number of nitrogens with two attached hydrogens (primary N) is 3. The maximum atomic E-state index is 9.49. The Morgan fingerprint density at radius 3 is 0.935 bits per heavy atom. The first-order chi connectivity index (χ1) is 21.9. The Hall–Kier alpha value is -2.74. The van der Waals surface area contributed by atoms with Crippen molar-refractivity contribution < 1.29 is 84.0 Å². The minimum Gasteiger partial charge on any atom is -0.550 e. The summed E-state index contributed by atoms with van der Waals surface area (Å²) in [6, 6.07) is 0. The standard InChI is InChI=1S/3C6H15NO2.C4H8O2.C4H6O2.C3H4O4/c3*1-8-5-3-7-4-6-9-2;2*1-2-3-4(5)6;4-2(5)1-3(6)7/h3*7H,3-6H2,1-2H3;2-3H2,1H3,(H,5,6);2-3H,1H3,(H,5,6);1H2,(H,4,5)(H,6,7). The minimum absolute atomic E-state index is 0.181. The van der Waals surface area contributed by atoms with Gasteiger partial charge in [0.05, 0.1) is 97.3 Å². The number of hydrogen-bond acceptors (Lipinski definition) is 13. The summed E-state index contributed by atoms with van der Waals surface area (Å²) < 4.78 is 29.1. The molecule has 278 valence electrons. The first kappa shape index (κ1) is 55.6. The molecule has 17 heteroatoms. The molecule has 0 aromatic carbocycles. The quantitative estimate of drug-likeness (QED) is 0.0445. The molecule has 0 aliphatic heterocycles. The number of aliphatic carboxylic acids is 4. The maximum Gasteiger partial charge on any atom is 0.309 e. The van der Waals surface area contributed by atoms with Crippen LogP contribution in [0, 0.1) is 0 Å². The molecule has 0 saturated carbocycles. The van der Waals surface area contributed by atoms with E-state index in [1.54, 1.807) is 56.5 Å². The minimum atomic E-state index is -1.56. The van der Waals surface area contributed by atoms with Crippen LogP contribution in [0.2, 0.25) is 0 Å². The van der Waals surface area contributed by atoms with Gasteiger partial charge in [-0.1, -0.05) is 19.4 Å². The van der Waals surface area contributed by atoms with E-state index in [1.165, 1.54) is 6.08 Å². The third kappa shape index (κ3) is 105. The molecule has 0 aliphatic carbocycles. The van der Waals surface area contributed by atoms with E-state index in [1.807, 2.05) is 0 Å². The van der Waals surface area contributed by atoms with E-state index in [0.717, 1.165) is 85.0 Å². The van der Waals surface area contributed by atoms with Gasteiger partial charge in [-0.25, -0.2) is 0 Å². The number of ether oxygens (including phenoxy) is 6. The van der Waals surface area contributed by atoms with Gasteiger partial charge < -0.3 is 79.2 Å². The van der Waals surface area contributed by atoms with Crippen LogP contribution < -0.4 is 31.3 Å². The molecule has 46 heavy (non-hydrogen) atoms. The number of methoxy groups -OCH3 is 6. The van der Waals surface area contributed by atoms with E-state index in [2.05, 4.69) is 16.0 Å².